The molecule has 19 heavy (non-hydrogen) atoms. The van der Waals surface area contributed by atoms with Crippen molar-refractivity contribution in [3.63, 3.8) is 0 Å². The lowest BCUT2D eigenvalue weighted by molar-refractivity contribution is -0.137. The van der Waals surface area contributed by atoms with Gasteiger partial charge in [0.25, 0.3) is 0 Å². The molecule has 0 aromatic carbocycles. The number of aliphatic carboxylic acids is 1. The summed E-state index contributed by atoms with van der Waals surface area (Å²) in [6.45, 7) is 10.7. The van der Waals surface area contributed by atoms with Gasteiger partial charge in [-0.25, -0.2) is 4.79 Å². The van der Waals surface area contributed by atoms with Crippen LogP contribution in [0, 0.1) is 11.3 Å². The molecule has 0 saturated heterocycles. The topological polar surface area (TPSA) is 78.4 Å². The lowest BCUT2D eigenvalue weighted by Crippen LogP contribution is -2.43. The number of hydrogen-bond acceptors (Lipinski definition) is 2. The third-order valence-corrected chi connectivity index (χ3v) is 3.46. The fourth-order valence-corrected chi connectivity index (χ4v) is 1.51. The van der Waals surface area contributed by atoms with Gasteiger partial charge in [-0.2, -0.15) is 0 Å². The maximum Gasteiger partial charge on any atom is 0.315 e. The summed E-state index contributed by atoms with van der Waals surface area (Å²) in [4.78, 5) is 22.1. The summed E-state index contributed by atoms with van der Waals surface area (Å²) in [5.41, 5.74) is -0.0741. The molecule has 0 aliphatic carbocycles. The van der Waals surface area contributed by atoms with Crippen LogP contribution < -0.4 is 10.6 Å². The normalized spacial score (nSPS) is 13.2. The van der Waals surface area contributed by atoms with Crippen molar-refractivity contribution in [2.75, 3.05) is 6.54 Å². The van der Waals surface area contributed by atoms with Gasteiger partial charge in [0.1, 0.15) is 0 Å². The highest BCUT2D eigenvalue weighted by Crippen LogP contribution is 2.25. The molecule has 0 rings (SSSR count). The molecule has 5 heteroatoms. The second-order valence-electron chi connectivity index (χ2n) is 6.24. The van der Waals surface area contributed by atoms with Crippen LogP contribution >= 0.6 is 0 Å². The highest BCUT2D eigenvalue weighted by atomic mass is 16.4. The first-order chi connectivity index (χ1) is 8.64. The maximum atomic E-state index is 11.6. The van der Waals surface area contributed by atoms with E-state index >= 15 is 0 Å². The van der Waals surface area contributed by atoms with E-state index in [1.807, 2.05) is 20.8 Å². The zero-order valence-electron chi connectivity index (χ0n) is 12.7. The Morgan fingerprint density at radius 2 is 1.74 bits per heavy atom. The molecular weight excluding hydrogens is 244 g/mol. The van der Waals surface area contributed by atoms with E-state index in [4.69, 9.17) is 5.11 Å². The van der Waals surface area contributed by atoms with Gasteiger partial charge < -0.3 is 15.7 Å². The monoisotopic (exact) mass is 272 g/mol. The van der Waals surface area contributed by atoms with E-state index < -0.39 is 5.97 Å². The molecule has 112 valence electrons. The molecule has 5 nitrogen and oxygen atoms in total. The van der Waals surface area contributed by atoms with Gasteiger partial charge in [-0.3, -0.25) is 4.79 Å². The molecule has 0 spiro atoms. The minimum atomic E-state index is -0.774. The highest BCUT2D eigenvalue weighted by Gasteiger charge is 2.19. The lowest BCUT2D eigenvalue weighted by Gasteiger charge is -2.24. The van der Waals surface area contributed by atoms with Crippen molar-refractivity contribution in [3.8, 4) is 0 Å². The smallest absolute Gasteiger partial charge is 0.315 e. The van der Waals surface area contributed by atoms with Crippen molar-refractivity contribution in [1.29, 1.82) is 0 Å². The standard InChI is InChI=1S/C14H28N2O3/c1-10(2)11(3)16-13(19)15-9-8-14(4,5)7-6-12(17)18/h10-11H,6-9H2,1-5H3,(H,17,18)(H2,15,16,19). The van der Waals surface area contributed by atoms with Crippen LogP contribution in [0.4, 0.5) is 4.79 Å². The van der Waals surface area contributed by atoms with Crippen molar-refractivity contribution in [3.05, 3.63) is 0 Å². The SMILES string of the molecule is CC(C)C(C)NC(=O)NCCC(C)(C)CCC(=O)O. The van der Waals surface area contributed by atoms with Crippen LogP contribution in [0.3, 0.4) is 0 Å². The summed E-state index contributed by atoms with van der Waals surface area (Å²) in [6.07, 6.45) is 1.56. The summed E-state index contributed by atoms with van der Waals surface area (Å²) in [6, 6.07) is -0.0183. The average molecular weight is 272 g/mol. The van der Waals surface area contributed by atoms with Crippen LogP contribution in [0.25, 0.3) is 0 Å². The molecule has 1 unspecified atom stereocenters. The van der Waals surface area contributed by atoms with Crippen LogP contribution in [0.1, 0.15) is 53.9 Å². The summed E-state index contributed by atoms with van der Waals surface area (Å²) in [7, 11) is 0. The van der Waals surface area contributed by atoms with E-state index in [-0.39, 0.29) is 23.9 Å². The van der Waals surface area contributed by atoms with Crippen molar-refractivity contribution >= 4 is 12.0 Å². The fraction of sp³-hybridized carbons (Fsp3) is 0.857. The number of amides is 2. The maximum absolute atomic E-state index is 11.6. The molecule has 1 atom stereocenters. The van der Waals surface area contributed by atoms with Crippen LogP contribution in [0.5, 0.6) is 0 Å². The predicted molar refractivity (Wildman–Crippen MR) is 76.1 cm³/mol. The van der Waals surface area contributed by atoms with Gasteiger partial charge in [0.2, 0.25) is 0 Å². The second kappa shape index (κ2) is 8.02. The molecule has 0 aliphatic heterocycles. The van der Waals surface area contributed by atoms with Crippen LogP contribution in [0.15, 0.2) is 0 Å². The highest BCUT2D eigenvalue weighted by molar-refractivity contribution is 5.74. The minimum absolute atomic E-state index is 0.0741. The van der Waals surface area contributed by atoms with E-state index in [1.165, 1.54) is 0 Å². The molecule has 0 radical (unpaired) electrons. The number of urea groups is 1. The number of carbonyl (C=O) groups excluding carboxylic acids is 1. The summed E-state index contributed by atoms with van der Waals surface area (Å²) < 4.78 is 0. The van der Waals surface area contributed by atoms with Crippen molar-refractivity contribution in [2.24, 2.45) is 11.3 Å². The summed E-state index contributed by atoms with van der Waals surface area (Å²) in [5, 5.41) is 14.3. The average Bonchev–Trinajstić information content (AvgIpc) is 2.26. The molecule has 0 aliphatic rings. The van der Waals surface area contributed by atoms with E-state index in [1.54, 1.807) is 0 Å². The van der Waals surface area contributed by atoms with E-state index in [0.717, 1.165) is 6.42 Å². The number of carbonyl (C=O) groups is 2. The van der Waals surface area contributed by atoms with E-state index in [9.17, 15) is 9.59 Å². The molecule has 3 N–H and O–H groups in total. The Morgan fingerprint density at radius 3 is 2.21 bits per heavy atom. The molecular formula is C14H28N2O3. The van der Waals surface area contributed by atoms with Gasteiger partial charge in [-0.15, -0.1) is 0 Å². The quantitative estimate of drug-likeness (QED) is 0.635. The fourth-order valence-electron chi connectivity index (χ4n) is 1.51. The van der Waals surface area contributed by atoms with Crippen LogP contribution in [-0.2, 0) is 4.79 Å². The summed E-state index contributed by atoms with van der Waals surface area (Å²) in [5.74, 6) is -0.373. The van der Waals surface area contributed by atoms with Gasteiger partial charge >= 0.3 is 12.0 Å². The Hall–Kier alpha value is -1.26. The number of carboxylic acids is 1. The van der Waals surface area contributed by atoms with Crippen LogP contribution in [0.2, 0.25) is 0 Å². The molecule has 2 amide bonds. The predicted octanol–water partition coefficient (Wildman–Crippen LogP) is 2.61. The number of rotatable bonds is 8. The third kappa shape index (κ3) is 9.33. The zero-order valence-corrected chi connectivity index (χ0v) is 12.7. The Morgan fingerprint density at radius 1 is 1.16 bits per heavy atom. The molecule has 0 bridgehead atoms. The lowest BCUT2D eigenvalue weighted by atomic mass is 9.84. The first-order valence-electron chi connectivity index (χ1n) is 6.90. The van der Waals surface area contributed by atoms with Gasteiger partial charge in [-0.05, 0) is 31.1 Å². The Kier molecular flexibility index (Phi) is 7.49. The van der Waals surface area contributed by atoms with Crippen molar-refractivity contribution in [1.82, 2.24) is 10.6 Å². The molecule has 0 fully saturated rings. The van der Waals surface area contributed by atoms with Crippen molar-refractivity contribution in [2.45, 2.75) is 59.9 Å². The van der Waals surface area contributed by atoms with Gasteiger partial charge in [0.15, 0.2) is 0 Å². The molecule has 0 heterocycles. The first kappa shape index (κ1) is 17.7. The Bertz CT molecular complexity index is 301. The number of carboxylic acid groups (broad SMARTS) is 1. The van der Waals surface area contributed by atoms with Crippen molar-refractivity contribution < 1.29 is 14.7 Å². The Labute approximate surface area is 116 Å². The van der Waals surface area contributed by atoms with Crippen LogP contribution in [-0.4, -0.2) is 29.7 Å². The number of nitrogens with one attached hydrogen (secondary N) is 2. The minimum Gasteiger partial charge on any atom is -0.481 e. The largest absolute Gasteiger partial charge is 0.481 e. The van der Waals surface area contributed by atoms with Gasteiger partial charge in [-0.1, -0.05) is 27.7 Å². The van der Waals surface area contributed by atoms with Gasteiger partial charge in [0.05, 0.1) is 0 Å². The first-order valence-corrected chi connectivity index (χ1v) is 6.90. The summed E-state index contributed by atoms with van der Waals surface area (Å²) >= 11 is 0. The number of hydrogen-bond donors (Lipinski definition) is 3. The van der Waals surface area contributed by atoms with Gasteiger partial charge in [0, 0.05) is 19.0 Å². The zero-order chi connectivity index (χ0) is 15.1. The molecule has 0 aromatic rings. The van der Waals surface area contributed by atoms with E-state index in [2.05, 4.69) is 24.5 Å². The third-order valence-electron chi connectivity index (χ3n) is 3.46. The second-order valence-corrected chi connectivity index (χ2v) is 6.24. The molecule has 0 saturated carbocycles. The van der Waals surface area contributed by atoms with E-state index in [0.29, 0.717) is 18.9 Å². The molecule has 0 aromatic heterocycles. The Balaban J connectivity index is 3.88.